The average Bonchev–Trinajstić information content (AvgIpc) is 3.35. The molecule has 1 aromatic carbocycles. The first kappa shape index (κ1) is 23.3. The van der Waals surface area contributed by atoms with Crippen molar-refractivity contribution in [3.63, 3.8) is 0 Å². The Labute approximate surface area is 164 Å². The van der Waals surface area contributed by atoms with Crippen molar-refractivity contribution in [1.82, 2.24) is 9.80 Å². The van der Waals surface area contributed by atoms with Crippen LogP contribution in [-0.2, 0) is 14.3 Å². The zero-order chi connectivity index (χ0) is 19.9. The summed E-state index contributed by atoms with van der Waals surface area (Å²) < 4.78 is 5.05. The van der Waals surface area contributed by atoms with Gasteiger partial charge in [0.25, 0.3) is 0 Å². The van der Waals surface area contributed by atoms with Gasteiger partial charge in [-0.2, -0.15) is 0 Å². The largest absolute Gasteiger partial charge is 0.378 e. The number of nitrogens with zero attached hydrogens (tertiary/aromatic N) is 2. The summed E-state index contributed by atoms with van der Waals surface area (Å²) in [4.78, 5) is 24.4. The van der Waals surface area contributed by atoms with Crippen molar-refractivity contribution in [1.29, 1.82) is 0 Å². The molecule has 0 N–H and O–H groups in total. The number of rotatable bonds is 6. The number of likely N-dealkylation sites (tertiary alicyclic amines) is 2. The van der Waals surface area contributed by atoms with Crippen LogP contribution in [-0.4, -0.2) is 68.4 Å². The summed E-state index contributed by atoms with van der Waals surface area (Å²) in [5.74, 6) is 0.548. The Hall–Kier alpha value is -1.72. The maximum Gasteiger partial charge on any atom is 0.209 e. The first-order chi connectivity index (χ1) is 13.1. The maximum absolute atomic E-state index is 10.5. The summed E-state index contributed by atoms with van der Waals surface area (Å²) in [6, 6.07) is 10.4. The average molecular weight is 377 g/mol. The zero-order valence-corrected chi connectivity index (χ0v) is 17.2. The molecule has 1 amide bonds. The van der Waals surface area contributed by atoms with Crippen molar-refractivity contribution >= 4 is 12.7 Å². The van der Waals surface area contributed by atoms with Gasteiger partial charge in [-0.15, -0.1) is 0 Å². The molecule has 0 saturated carbocycles. The van der Waals surface area contributed by atoms with Crippen molar-refractivity contribution in [3.05, 3.63) is 35.9 Å². The fourth-order valence-corrected chi connectivity index (χ4v) is 3.11. The van der Waals surface area contributed by atoms with Crippen LogP contribution in [0.1, 0.15) is 51.0 Å². The van der Waals surface area contributed by atoms with Gasteiger partial charge in [0.1, 0.15) is 6.29 Å². The van der Waals surface area contributed by atoms with Crippen LogP contribution in [0.3, 0.4) is 0 Å². The van der Waals surface area contributed by atoms with E-state index < -0.39 is 0 Å². The van der Waals surface area contributed by atoms with Crippen LogP contribution in [0.15, 0.2) is 30.3 Å². The lowest BCUT2D eigenvalue weighted by molar-refractivity contribution is -0.117. The highest BCUT2D eigenvalue weighted by Crippen LogP contribution is 2.25. The third-order valence-electron chi connectivity index (χ3n) is 4.66. The molecule has 2 heterocycles. The van der Waals surface area contributed by atoms with Crippen molar-refractivity contribution < 1.29 is 14.3 Å². The molecule has 1 aromatic rings. The van der Waals surface area contributed by atoms with Crippen LogP contribution in [0.25, 0.3) is 0 Å². The molecule has 5 nitrogen and oxygen atoms in total. The van der Waals surface area contributed by atoms with Gasteiger partial charge in [0, 0.05) is 25.4 Å². The van der Waals surface area contributed by atoms with Crippen molar-refractivity contribution in [2.75, 3.05) is 39.8 Å². The molecule has 2 aliphatic rings. The van der Waals surface area contributed by atoms with E-state index in [0.29, 0.717) is 18.9 Å². The number of hydrogen-bond acceptors (Lipinski definition) is 4. The van der Waals surface area contributed by atoms with Crippen LogP contribution in [0.4, 0.5) is 0 Å². The monoisotopic (exact) mass is 376 g/mol. The van der Waals surface area contributed by atoms with Crippen molar-refractivity contribution in [2.24, 2.45) is 0 Å². The molecule has 2 saturated heterocycles. The molecule has 0 aromatic heterocycles. The fraction of sp³-hybridized carbons (Fsp3) is 0.636. The molecule has 0 spiro atoms. The number of hydrogen-bond donors (Lipinski definition) is 0. The minimum atomic E-state index is 0.245. The number of carbonyl (C=O) groups is 2. The highest BCUT2D eigenvalue weighted by atomic mass is 16.5. The number of carbonyl (C=O) groups excluding carboxylic acids is 2. The van der Waals surface area contributed by atoms with Gasteiger partial charge in [-0.3, -0.25) is 4.79 Å². The molecule has 27 heavy (non-hydrogen) atoms. The van der Waals surface area contributed by atoms with E-state index in [2.05, 4.69) is 36.2 Å². The Morgan fingerprint density at radius 3 is 2.22 bits per heavy atom. The summed E-state index contributed by atoms with van der Waals surface area (Å²) >= 11 is 0. The van der Waals surface area contributed by atoms with Gasteiger partial charge in [-0.05, 0) is 58.8 Å². The van der Waals surface area contributed by atoms with E-state index in [0.717, 1.165) is 32.2 Å². The van der Waals surface area contributed by atoms with E-state index in [9.17, 15) is 9.59 Å². The zero-order valence-electron chi connectivity index (χ0n) is 17.2. The molecule has 0 aliphatic carbocycles. The lowest BCUT2D eigenvalue weighted by Gasteiger charge is -2.10. The molecule has 3 rings (SSSR count). The highest BCUT2D eigenvalue weighted by molar-refractivity contribution is 5.49. The van der Waals surface area contributed by atoms with Crippen LogP contribution < -0.4 is 0 Å². The second kappa shape index (κ2) is 14.4. The normalized spacial score (nSPS) is 19.1. The summed E-state index contributed by atoms with van der Waals surface area (Å²) in [6.45, 7) is 8.88. The first-order valence-corrected chi connectivity index (χ1v) is 10.0. The number of amides is 1. The molecule has 152 valence electrons. The number of aldehydes is 1. The fourth-order valence-electron chi connectivity index (χ4n) is 3.11. The van der Waals surface area contributed by atoms with Gasteiger partial charge < -0.3 is 19.3 Å². The first-order valence-electron chi connectivity index (χ1n) is 10.0. The number of ether oxygens (including phenoxy) is 1. The third-order valence-corrected chi connectivity index (χ3v) is 4.66. The van der Waals surface area contributed by atoms with Gasteiger partial charge in [0.15, 0.2) is 0 Å². The van der Waals surface area contributed by atoms with Crippen LogP contribution >= 0.6 is 0 Å². The topological polar surface area (TPSA) is 49.9 Å². The van der Waals surface area contributed by atoms with E-state index in [4.69, 9.17) is 4.74 Å². The molecule has 1 atom stereocenters. The Morgan fingerprint density at radius 1 is 1.11 bits per heavy atom. The molecule has 1 unspecified atom stereocenters. The smallest absolute Gasteiger partial charge is 0.209 e. The highest BCUT2D eigenvalue weighted by Gasteiger charge is 2.21. The molecule has 0 radical (unpaired) electrons. The molecule has 0 bridgehead atoms. The van der Waals surface area contributed by atoms with E-state index in [-0.39, 0.29) is 6.10 Å². The van der Waals surface area contributed by atoms with Gasteiger partial charge in [0.2, 0.25) is 6.41 Å². The Balaban J connectivity index is 0.000000223. The number of benzene rings is 1. The third kappa shape index (κ3) is 10.9. The lowest BCUT2D eigenvalue weighted by atomic mass is 9.99. The Kier molecular flexibility index (Phi) is 12.4. The predicted molar refractivity (Wildman–Crippen MR) is 110 cm³/mol. The molecule has 2 fully saturated rings. The standard InChI is InChI=1S/C11H13NO.C6H12O2.C5H11N/c13-9-12-7-6-11(8-12)10-4-2-1-3-5-10;1-6(2)8-5-3-4-7;1-6-4-2-3-5-6/h1-5,9,11H,6-8H2;4,6H,3,5H2,1-2H3;2-5H2,1H3. The van der Waals surface area contributed by atoms with Gasteiger partial charge in [0.05, 0.1) is 12.7 Å². The summed E-state index contributed by atoms with van der Waals surface area (Å²) in [6.07, 6.45) is 6.49. The van der Waals surface area contributed by atoms with E-state index >= 15 is 0 Å². The van der Waals surface area contributed by atoms with Crippen LogP contribution in [0, 0.1) is 0 Å². The van der Waals surface area contributed by atoms with Gasteiger partial charge in [-0.1, -0.05) is 30.3 Å². The molecular formula is C22H36N2O3. The predicted octanol–water partition coefficient (Wildman–Crippen LogP) is 3.34. The van der Waals surface area contributed by atoms with Crippen molar-refractivity contribution in [3.8, 4) is 0 Å². The van der Waals surface area contributed by atoms with Gasteiger partial charge in [-0.25, -0.2) is 0 Å². The molecule has 2 aliphatic heterocycles. The maximum atomic E-state index is 10.5. The van der Waals surface area contributed by atoms with Crippen molar-refractivity contribution in [2.45, 2.75) is 51.6 Å². The lowest BCUT2D eigenvalue weighted by Crippen LogP contribution is -2.17. The SMILES string of the molecule is CC(C)OCCC=O.CN1CCCC1.O=CN1CCC(c2ccccc2)C1. The van der Waals surface area contributed by atoms with Crippen LogP contribution in [0.2, 0.25) is 0 Å². The molecule has 5 heteroatoms. The van der Waals surface area contributed by atoms with E-state index in [1.165, 1.54) is 31.5 Å². The molecular weight excluding hydrogens is 340 g/mol. The quantitative estimate of drug-likeness (QED) is 0.564. The summed E-state index contributed by atoms with van der Waals surface area (Å²) in [5.41, 5.74) is 1.35. The van der Waals surface area contributed by atoms with E-state index in [1.54, 1.807) is 0 Å². The second-order valence-corrected chi connectivity index (χ2v) is 7.38. The summed E-state index contributed by atoms with van der Waals surface area (Å²) in [7, 11) is 2.17. The Morgan fingerprint density at radius 2 is 1.78 bits per heavy atom. The van der Waals surface area contributed by atoms with Crippen LogP contribution in [0.5, 0.6) is 0 Å². The van der Waals surface area contributed by atoms with Gasteiger partial charge >= 0.3 is 0 Å². The minimum absolute atomic E-state index is 0.245. The van der Waals surface area contributed by atoms with E-state index in [1.807, 2.05) is 24.8 Å². The second-order valence-electron chi connectivity index (χ2n) is 7.38. The minimum Gasteiger partial charge on any atom is -0.378 e. The summed E-state index contributed by atoms with van der Waals surface area (Å²) in [5, 5.41) is 0. The Bertz CT molecular complexity index is 502.